The summed E-state index contributed by atoms with van der Waals surface area (Å²) in [6.07, 6.45) is 4.15. The summed E-state index contributed by atoms with van der Waals surface area (Å²) < 4.78 is 1.98. The first kappa shape index (κ1) is 14.0. The highest BCUT2D eigenvalue weighted by Crippen LogP contribution is 2.25. The van der Waals surface area contributed by atoms with E-state index in [0.717, 1.165) is 13.0 Å². The first-order valence-corrected chi connectivity index (χ1v) is 7.18. The molecule has 2 heterocycles. The Hall–Kier alpha value is -1.45. The highest BCUT2D eigenvalue weighted by Gasteiger charge is 2.29. The zero-order valence-electron chi connectivity index (χ0n) is 12.4. The molecule has 0 aliphatic carbocycles. The van der Waals surface area contributed by atoms with E-state index in [0.29, 0.717) is 23.3 Å². The highest BCUT2D eigenvalue weighted by molar-refractivity contribution is 5.94. The normalized spacial score (nSPS) is 23.9. The third kappa shape index (κ3) is 2.77. The van der Waals surface area contributed by atoms with Gasteiger partial charge in [0.05, 0.1) is 5.69 Å². The Balaban J connectivity index is 2.28. The summed E-state index contributed by atoms with van der Waals surface area (Å²) in [4.78, 5) is 14.7. The van der Waals surface area contributed by atoms with Crippen LogP contribution >= 0.6 is 0 Å². The van der Waals surface area contributed by atoms with E-state index in [-0.39, 0.29) is 11.9 Å². The number of likely N-dealkylation sites (tertiary alicyclic amines) is 1. The standard InChI is InChI=1S/C15H25N3O/c1-10(2)17-9-13(16)7-14(17)15(19)18-8-11(3)5-6-12(18)4/h7,9-12H,5-6,8,16H2,1-4H3. The van der Waals surface area contributed by atoms with Crippen molar-refractivity contribution in [2.24, 2.45) is 5.92 Å². The molecule has 1 saturated heterocycles. The third-order valence-electron chi connectivity index (χ3n) is 4.02. The number of hydrogen-bond acceptors (Lipinski definition) is 2. The van der Waals surface area contributed by atoms with Gasteiger partial charge < -0.3 is 15.2 Å². The maximum atomic E-state index is 12.7. The maximum Gasteiger partial charge on any atom is 0.270 e. The van der Waals surface area contributed by atoms with Gasteiger partial charge in [-0.1, -0.05) is 6.92 Å². The number of nitrogens with zero attached hydrogens (tertiary/aromatic N) is 2. The van der Waals surface area contributed by atoms with Gasteiger partial charge in [-0.05, 0) is 45.6 Å². The SMILES string of the molecule is CC1CCC(C)N(C(=O)c2cc(N)cn2C(C)C)C1. The molecule has 1 aromatic heterocycles. The van der Waals surface area contributed by atoms with Gasteiger partial charge in [0.2, 0.25) is 0 Å². The van der Waals surface area contributed by atoms with Crippen LogP contribution in [0.2, 0.25) is 0 Å². The number of amides is 1. The number of aromatic nitrogens is 1. The second-order valence-electron chi connectivity index (χ2n) is 6.15. The van der Waals surface area contributed by atoms with Crippen molar-refractivity contribution in [3.8, 4) is 0 Å². The molecule has 2 unspecified atom stereocenters. The summed E-state index contributed by atoms with van der Waals surface area (Å²) in [6.45, 7) is 9.33. The van der Waals surface area contributed by atoms with Gasteiger partial charge in [-0.15, -0.1) is 0 Å². The molecular formula is C15H25N3O. The van der Waals surface area contributed by atoms with Gasteiger partial charge in [0.1, 0.15) is 5.69 Å². The van der Waals surface area contributed by atoms with Gasteiger partial charge >= 0.3 is 0 Å². The molecule has 1 fully saturated rings. The van der Waals surface area contributed by atoms with Crippen LogP contribution in [0, 0.1) is 5.92 Å². The molecule has 1 aromatic rings. The number of carbonyl (C=O) groups is 1. The fraction of sp³-hybridized carbons (Fsp3) is 0.667. The van der Waals surface area contributed by atoms with E-state index >= 15 is 0 Å². The van der Waals surface area contributed by atoms with Crippen molar-refractivity contribution >= 4 is 11.6 Å². The molecule has 2 atom stereocenters. The second-order valence-corrected chi connectivity index (χ2v) is 6.15. The van der Waals surface area contributed by atoms with E-state index < -0.39 is 0 Å². The minimum Gasteiger partial charge on any atom is -0.397 e. The van der Waals surface area contributed by atoms with Gasteiger partial charge in [0.25, 0.3) is 5.91 Å². The van der Waals surface area contributed by atoms with E-state index in [1.54, 1.807) is 6.07 Å². The zero-order valence-corrected chi connectivity index (χ0v) is 12.4. The quantitative estimate of drug-likeness (QED) is 0.892. The van der Waals surface area contributed by atoms with Crippen LogP contribution in [-0.2, 0) is 0 Å². The van der Waals surface area contributed by atoms with Crippen molar-refractivity contribution < 1.29 is 4.79 Å². The van der Waals surface area contributed by atoms with Crippen molar-refractivity contribution in [1.29, 1.82) is 0 Å². The number of carbonyl (C=O) groups excluding carboxylic acids is 1. The van der Waals surface area contributed by atoms with Gasteiger partial charge in [0, 0.05) is 24.8 Å². The molecule has 0 radical (unpaired) electrons. The smallest absolute Gasteiger partial charge is 0.270 e. The van der Waals surface area contributed by atoms with Gasteiger partial charge in [-0.25, -0.2) is 0 Å². The molecule has 19 heavy (non-hydrogen) atoms. The molecule has 0 aromatic carbocycles. The molecule has 1 aliphatic heterocycles. The highest BCUT2D eigenvalue weighted by atomic mass is 16.2. The van der Waals surface area contributed by atoms with Gasteiger partial charge in [-0.3, -0.25) is 4.79 Å². The summed E-state index contributed by atoms with van der Waals surface area (Å²) in [6, 6.07) is 2.36. The molecular weight excluding hydrogens is 238 g/mol. The van der Waals surface area contributed by atoms with Crippen LogP contribution in [0.1, 0.15) is 57.1 Å². The fourth-order valence-electron chi connectivity index (χ4n) is 2.82. The van der Waals surface area contributed by atoms with Crippen molar-refractivity contribution in [3.63, 3.8) is 0 Å². The number of nitrogen functional groups attached to an aromatic ring is 1. The molecule has 1 aliphatic rings. The van der Waals surface area contributed by atoms with Crippen LogP contribution in [0.25, 0.3) is 0 Å². The van der Waals surface area contributed by atoms with Gasteiger partial charge in [-0.2, -0.15) is 0 Å². The molecule has 106 valence electrons. The van der Waals surface area contributed by atoms with E-state index in [1.807, 2.05) is 15.7 Å². The monoisotopic (exact) mass is 263 g/mol. The first-order valence-electron chi connectivity index (χ1n) is 7.18. The minimum absolute atomic E-state index is 0.115. The molecule has 0 bridgehead atoms. The van der Waals surface area contributed by atoms with Crippen LogP contribution in [0.4, 0.5) is 5.69 Å². The first-order chi connectivity index (χ1) is 8.90. The predicted octanol–water partition coefficient (Wildman–Crippen LogP) is 2.91. The van der Waals surface area contributed by atoms with E-state index in [9.17, 15) is 4.79 Å². The largest absolute Gasteiger partial charge is 0.397 e. The van der Waals surface area contributed by atoms with Crippen LogP contribution in [0.15, 0.2) is 12.3 Å². The van der Waals surface area contributed by atoms with Crippen molar-refractivity contribution in [1.82, 2.24) is 9.47 Å². The molecule has 2 N–H and O–H groups in total. The molecule has 0 spiro atoms. The van der Waals surface area contributed by atoms with Crippen molar-refractivity contribution in [3.05, 3.63) is 18.0 Å². The van der Waals surface area contributed by atoms with Crippen LogP contribution in [-0.4, -0.2) is 28.0 Å². The van der Waals surface area contributed by atoms with E-state index in [1.165, 1.54) is 6.42 Å². The van der Waals surface area contributed by atoms with Gasteiger partial charge in [0.15, 0.2) is 0 Å². The Morgan fingerprint density at radius 1 is 1.37 bits per heavy atom. The lowest BCUT2D eigenvalue weighted by molar-refractivity contribution is 0.0561. The molecule has 2 rings (SSSR count). The number of piperidine rings is 1. The number of nitrogens with two attached hydrogens (primary N) is 1. The summed E-state index contributed by atoms with van der Waals surface area (Å²) in [5.41, 5.74) is 7.23. The molecule has 0 saturated carbocycles. The Bertz CT molecular complexity index is 464. The Kier molecular flexibility index (Phi) is 3.88. The second kappa shape index (κ2) is 5.27. The molecule has 4 heteroatoms. The van der Waals surface area contributed by atoms with Crippen molar-refractivity contribution in [2.45, 2.75) is 52.6 Å². The summed E-state index contributed by atoms with van der Waals surface area (Å²) in [5, 5.41) is 0. The Morgan fingerprint density at radius 2 is 2.05 bits per heavy atom. The van der Waals surface area contributed by atoms with Crippen LogP contribution < -0.4 is 5.73 Å². The van der Waals surface area contributed by atoms with E-state index in [4.69, 9.17) is 5.73 Å². The predicted molar refractivity (Wildman–Crippen MR) is 78.1 cm³/mol. The number of hydrogen-bond donors (Lipinski definition) is 1. The Labute approximate surface area is 115 Å². The number of rotatable bonds is 2. The van der Waals surface area contributed by atoms with E-state index in [2.05, 4.69) is 27.7 Å². The lowest BCUT2D eigenvalue weighted by Gasteiger charge is -2.37. The molecule has 4 nitrogen and oxygen atoms in total. The average Bonchev–Trinajstić information content (AvgIpc) is 2.74. The summed E-state index contributed by atoms with van der Waals surface area (Å²) in [7, 11) is 0. The number of anilines is 1. The Morgan fingerprint density at radius 3 is 2.68 bits per heavy atom. The maximum absolute atomic E-state index is 12.7. The average molecular weight is 263 g/mol. The minimum atomic E-state index is 0.115. The zero-order chi connectivity index (χ0) is 14.2. The lowest BCUT2D eigenvalue weighted by Crippen LogP contribution is -2.45. The van der Waals surface area contributed by atoms with Crippen LogP contribution in [0.3, 0.4) is 0 Å². The summed E-state index contributed by atoms with van der Waals surface area (Å²) >= 11 is 0. The lowest BCUT2D eigenvalue weighted by atomic mass is 9.95. The molecule has 1 amide bonds. The third-order valence-corrected chi connectivity index (χ3v) is 4.02. The van der Waals surface area contributed by atoms with Crippen LogP contribution in [0.5, 0.6) is 0 Å². The topological polar surface area (TPSA) is 51.3 Å². The fourth-order valence-corrected chi connectivity index (χ4v) is 2.82. The van der Waals surface area contributed by atoms with Crippen molar-refractivity contribution in [2.75, 3.05) is 12.3 Å². The summed E-state index contributed by atoms with van der Waals surface area (Å²) in [5.74, 6) is 0.699.